The molecule has 27 heavy (non-hydrogen) atoms. The van der Waals surface area contributed by atoms with Gasteiger partial charge in [-0.1, -0.05) is 36.5 Å². The maximum atomic E-state index is 12.6. The Morgan fingerprint density at radius 1 is 1.19 bits per heavy atom. The number of aryl methyl sites for hydroxylation is 1. The summed E-state index contributed by atoms with van der Waals surface area (Å²) in [5.74, 6) is 0.421. The summed E-state index contributed by atoms with van der Waals surface area (Å²) < 4.78 is 1.67. The van der Waals surface area contributed by atoms with E-state index in [2.05, 4.69) is 32.5 Å². The SMILES string of the molecule is CCCc1nnc(NC(=O)c2cnn(-c3ccc4ccccc4n3)c2C)s1. The van der Waals surface area contributed by atoms with Crippen molar-refractivity contribution in [2.24, 2.45) is 0 Å². The molecule has 0 spiro atoms. The van der Waals surface area contributed by atoms with E-state index in [1.165, 1.54) is 11.3 Å². The number of anilines is 1. The number of fused-ring (bicyclic) bond motifs is 1. The lowest BCUT2D eigenvalue weighted by atomic mass is 10.2. The Morgan fingerprint density at radius 3 is 2.89 bits per heavy atom. The molecule has 1 amide bonds. The van der Waals surface area contributed by atoms with Crippen LogP contribution in [-0.4, -0.2) is 30.9 Å². The second kappa shape index (κ2) is 7.24. The molecule has 0 unspecified atom stereocenters. The first kappa shape index (κ1) is 17.3. The third-order valence-corrected chi connectivity index (χ3v) is 5.10. The van der Waals surface area contributed by atoms with Crippen molar-refractivity contribution in [3.05, 3.63) is 58.9 Å². The number of aromatic nitrogens is 5. The average Bonchev–Trinajstić information content (AvgIpc) is 3.28. The third-order valence-electron chi connectivity index (χ3n) is 4.21. The van der Waals surface area contributed by atoms with E-state index in [1.54, 1.807) is 10.9 Å². The molecule has 0 saturated heterocycles. The van der Waals surface area contributed by atoms with E-state index in [1.807, 2.05) is 43.3 Å². The van der Waals surface area contributed by atoms with Crippen LogP contribution in [0.5, 0.6) is 0 Å². The predicted octanol–water partition coefficient (Wildman–Crippen LogP) is 3.79. The fraction of sp³-hybridized carbons (Fsp3) is 0.211. The predicted molar refractivity (Wildman–Crippen MR) is 105 cm³/mol. The fourth-order valence-electron chi connectivity index (χ4n) is 2.82. The number of nitrogens with one attached hydrogen (secondary N) is 1. The number of hydrogen-bond acceptors (Lipinski definition) is 6. The molecule has 4 rings (SSSR count). The van der Waals surface area contributed by atoms with Crippen molar-refractivity contribution in [2.45, 2.75) is 26.7 Å². The molecule has 0 atom stereocenters. The van der Waals surface area contributed by atoms with Gasteiger partial charge in [-0.2, -0.15) is 5.10 Å². The summed E-state index contributed by atoms with van der Waals surface area (Å²) in [6.07, 6.45) is 3.40. The van der Waals surface area contributed by atoms with Crippen LogP contribution in [-0.2, 0) is 6.42 Å². The number of amides is 1. The van der Waals surface area contributed by atoms with Gasteiger partial charge in [-0.15, -0.1) is 10.2 Å². The number of rotatable bonds is 5. The molecule has 0 radical (unpaired) electrons. The van der Waals surface area contributed by atoms with Gasteiger partial charge in [-0.05, 0) is 31.5 Å². The quantitative estimate of drug-likeness (QED) is 0.571. The van der Waals surface area contributed by atoms with E-state index in [0.717, 1.165) is 28.8 Å². The Balaban J connectivity index is 1.59. The number of carbonyl (C=O) groups excluding carboxylic acids is 1. The highest BCUT2D eigenvalue weighted by Gasteiger charge is 2.17. The van der Waals surface area contributed by atoms with Gasteiger partial charge >= 0.3 is 0 Å². The first-order chi connectivity index (χ1) is 13.2. The maximum absolute atomic E-state index is 12.6. The normalized spacial score (nSPS) is 11.0. The van der Waals surface area contributed by atoms with Gasteiger partial charge in [0.1, 0.15) is 5.01 Å². The Bertz CT molecular complexity index is 1120. The van der Waals surface area contributed by atoms with Gasteiger partial charge in [-0.25, -0.2) is 9.67 Å². The van der Waals surface area contributed by atoms with Gasteiger partial charge in [0, 0.05) is 11.8 Å². The molecule has 3 heterocycles. The van der Waals surface area contributed by atoms with E-state index in [4.69, 9.17) is 0 Å². The van der Waals surface area contributed by atoms with E-state index in [-0.39, 0.29) is 5.91 Å². The van der Waals surface area contributed by atoms with Crippen molar-refractivity contribution in [1.82, 2.24) is 25.0 Å². The zero-order valence-corrected chi connectivity index (χ0v) is 15.8. The zero-order chi connectivity index (χ0) is 18.8. The highest BCUT2D eigenvalue weighted by atomic mass is 32.1. The van der Waals surface area contributed by atoms with Crippen LogP contribution in [0.2, 0.25) is 0 Å². The monoisotopic (exact) mass is 378 g/mol. The van der Waals surface area contributed by atoms with Crippen LogP contribution in [0.3, 0.4) is 0 Å². The topological polar surface area (TPSA) is 85.6 Å². The van der Waals surface area contributed by atoms with Crippen LogP contribution in [0.4, 0.5) is 5.13 Å². The summed E-state index contributed by atoms with van der Waals surface area (Å²) in [6.45, 7) is 3.93. The minimum absolute atomic E-state index is 0.251. The Morgan fingerprint density at radius 2 is 2.04 bits per heavy atom. The van der Waals surface area contributed by atoms with Gasteiger partial charge in [0.05, 0.1) is 23.0 Å². The second-order valence-electron chi connectivity index (χ2n) is 6.12. The molecule has 7 nitrogen and oxygen atoms in total. The minimum atomic E-state index is -0.251. The molecule has 4 aromatic rings. The Hall–Kier alpha value is -3.13. The molecular formula is C19H18N6OS. The number of hydrogen-bond donors (Lipinski definition) is 1. The number of carbonyl (C=O) groups is 1. The fourth-order valence-corrected chi connectivity index (χ4v) is 3.66. The van der Waals surface area contributed by atoms with Gasteiger partial charge in [0.25, 0.3) is 5.91 Å². The van der Waals surface area contributed by atoms with Gasteiger partial charge in [-0.3, -0.25) is 10.1 Å². The zero-order valence-electron chi connectivity index (χ0n) is 15.0. The molecule has 1 N–H and O–H groups in total. The first-order valence-corrected chi connectivity index (χ1v) is 9.52. The van der Waals surface area contributed by atoms with Crippen molar-refractivity contribution in [3.63, 3.8) is 0 Å². The highest BCUT2D eigenvalue weighted by Crippen LogP contribution is 2.20. The average molecular weight is 378 g/mol. The Labute approximate surface area is 160 Å². The lowest BCUT2D eigenvalue weighted by molar-refractivity contribution is 0.102. The van der Waals surface area contributed by atoms with Crippen molar-refractivity contribution < 1.29 is 4.79 Å². The van der Waals surface area contributed by atoms with Crippen LogP contribution in [0, 0.1) is 6.92 Å². The van der Waals surface area contributed by atoms with Crippen LogP contribution >= 0.6 is 11.3 Å². The van der Waals surface area contributed by atoms with Gasteiger partial charge in [0.2, 0.25) is 5.13 Å². The standard InChI is InChI=1S/C19H18N6OS/c1-3-6-17-23-24-19(27-17)22-18(26)14-11-20-25(12(14)2)16-10-9-13-7-4-5-8-15(13)21-16/h4-5,7-11H,3,6H2,1-2H3,(H,22,24,26). The van der Waals surface area contributed by atoms with Crippen LogP contribution in [0.1, 0.15) is 34.4 Å². The third kappa shape index (κ3) is 3.43. The molecular weight excluding hydrogens is 360 g/mol. The minimum Gasteiger partial charge on any atom is -0.296 e. The summed E-state index contributed by atoms with van der Waals surface area (Å²) in [4.78, 5) is 17.2. The highest BCUT2D eigenvalue weighted by molar-refractivity contribution is 7.15. The molecule has 0 saturated carbocycles. The largest absolute Gasteiger partial charge is 0.296 e. The second-order valence-corrected chi connectivity index (χ2v) is 7.18. The summed E-state index contributed by atoms with van der Waals surface area (Å²) in [5.41, 5.74) is 2.08. The molecule has 136 valence electrons. The Kier molecular flexibility index (Phi) is 4.64. The molecule has 1 aromatic carbocycles. The maximum Gasteiger partial charge on any atom is 0.260 e. The number of nitrogens with zero attached hydrogens (tertiary/aromatic N) is 5. The molecule has 0 aliphatic carbocycles. The summed E-state index contributed by atoms with van der Waals surface area (Å²) >= 11 is 1.40. The van der Waals surface area contributed by atoms with Crippen LogP contribution < -0.4 is 5.32 Å². The molecule has 0 aliphatic heterocycles. The van der Waals surface area contributed by atoms with Gasteiger partial charge < -0.3 is 0 Å². The number of benzene rings is 1. The van der Waals surface area contributed by atoms with Gasteiger partial charge in [0.15, 0.2) is 5.82 Å². The van der Waals surface area contributed by atoms with Crippen molar-refractivity contribution in [2.75, 3.05) is 5.32 Å². The summed E-state index contributed by atoms with van der Waals surface area (Å²) in [7, 11) is 0. The lowest BCUT2D eigenvalue weighted by Crippen LogP contribution is -2.13. The molecule has 0 aliphatic rings. The van der Waals surface area contributed by atoms with E-state index in [9.17, 15) is 4.79 Å². The smallest absolute Gasteiger partial charge is 0.260 e. The van der Waals surface area contributed by atoms with Crippen molar-refractivity contribution >= 4 is 33.3 Å². The first-order valence-electron chi connectivity index (χ1n) is 8.70. The molecule has 0 fully saturated rings. The van der Waals surface area contributed by atoms with Crippen molar-refractivity contribution in [3.8, 4) is 5.82 Å². The molecule has 8 heteroatoms. The van der Waals surface area contributed by atoms with Crippen LogP contribution in [0.25, 0.3) is 16.7 Å². The summed E-state index contributed by atoms with van der Waals surface area (Å²) in [6, 6.07) is 11.8. The van der Waals surface area contributed by atoms with E-state index >= 15 is 0 Å². The number of pyridine rings is 1. The molecule has 3 aromatic heterocycles. The lowest BCUT2D eigenvalue weighted by Gasteiger charge is -2.06. The molecule has 0 bridgehead atoms. The van der Waals surface area contributed by atoms with Crippen molar-refractivity contribution in [1.29, 1.82) is 0 Å². The number of para-hydroxylation sites is 1. The van der Waals surface area contributed by atoms with Crippen LogP contribution in [0.15, 0.2) is 42.6 Å². The summed E-state index contributed by atoms with van der Waals surface area (Å²) in [5, 5.41) is 17.7. The van der Waals surface area contributed by atoms with E-state index in [0.29, 0.717) is 22.2 Å². The van der Waals surface area contributed by atoms with E-state index < -0.39 is 0 Å².